The predicted octanol–water partition coefficient (Wildman–Crippen LogP) is 2.58. The molecule has 0 radical (unpaired) electrons. The van der Waals surface area contributed by atoms with Gasteiger partial charge in [0.1, 0.15) is 0 Å². The zero-order valence-corrected chi connectivity index (χ0v) is 9.80. The van der Waals surface area contributed by atoms with Crippen molar-refractivity contribution in [2.24, 2.45) is 5.41 Å². The van der Waals surface area contributed by atoms with E-state index in [4.69, 9.17) is 10.2 Å². The van der Waals surface area contributed by atoms with Crippen molar-refractivity contribution in [3.05, 3.63) is 0 Å². The Morgan fingerprint density at radius 3 is 1.46 bits per heavy atom. The van der Waals surface area contributed by atoms with Crippen LogP contribution in [0.4, 0.5) is 0 Å². The van der Waals surface area contributed by atoms with Crippen LogP contribution in [0.1, 0.15) is 53.9 Å². The van der Waals surface area contributed by atoms with Crippen LogP contribution in [0.2, 0.25) is 0 Å². The van der Waals surface area contributed by atoms with Gasteiger partial charge >= 0.3 is 0 Å². The van der Waals surface area contributed by atoms with E-state index >= 15 is 0 Å². The SMILES string of the molecule is CCC(C)(C)CO.CCC(O)CC. The van der Waals surface area contributed by atoms with Crippen molar-refractivity contribution in [2.75, 3.05) is 6.61 Å². The third kappa shape index (κ3) is 11.9. The van der Waals surface area contributed by atoms with Gasteiger partial charge in [-0.3, -0.25) is 0 Å². The van der Waals surface area contributed by atoms with Crippen LogP contribution < -0.4 is 0 Å². The van der Waals surface area contributed by atoms with Crippen LogP contribution in [-0.4, -0.2) is 22.9 Å². The van der Waals surface area contributed by atoms with E-state index in [0.717, 1.165) is 19.3 Å². The smallest absolute Gasteiger partial charge is 0.0535 e. The fourth-order valence-corrected chi connectivity index (χ4v) is 0.400. The zero-order valence-electron chi connectivity index (χ0n) is 9.80. The van der Waals surface area contributed by atoms with E-state index in [1.54, 1.807) is 0 Å². The molecule has 0 aliphatic carbocycles. The molecule has 0 bridgehead atoms. The maximum atomic E-state index is 8.67. The molecule has 2 N–H and O–H groups in total. The van der Waals surface area contributed by atoms with Crippen LogP contribution in [-0.2, 0) is 0 Å². The molecule has 0 atom stereocenters. The summed E-state index contributed by atoms with van der Waals surface area (Å²) in [5, 5.41) is 17.3. The number of aliphatic hydroxyl groups is 2. The van der Waals surface area contributed by atoms with E-state index < -0.39 is 0 Å². The lowest BCUT2D eigenvalue weighted by Gasteiger charge is -2.17. The second-order valence-electron chi connectivity index (χ2n) is 4.15. The molecule has 0 aromatic heterocycles. The number of hydrogen-bond acceptors (Lipinski definition) is 2. The molecule has 0 heterocycles. The highest BCUT2D eigenvalue weighted by atomic mass is 16.3. The monoisotopic (exact) mass is 190 g/mol. The van der Waals surface area contributed by atoms with E-state index in [2.05, 4.69) is 6.92 Å². The summed E-state index contributed by atoms with van der Waals surface area (Å²) >= 11 is 0. The lowest BCUT2D eigenvalue weighted by atomic mass is 9.92. The van der Waals surface area contributed by atoms with Crippen LogP contribution >= 0.6 is 0 Å². The first kappa shape index (κ1) is 15.4. The highest BCUT2D eigenvalue weighted by molar-refractivity contribution is 4.62. The van der Waals surface area contributed by atoms with E-state index in [0.29, 0.717) is 6.61 Å². The quantitative estimate of drug-likeness (QED) is 0.715. The number of rotatable bonds is 4. The fourth-order valence-electron chi connectivity index (χ4n) is 0.400. The van der Waals surface area contributed by atoms with E-state index in [9.17, 15) is 0 Å². The lowest BCUT2D eigenvalue weighted by Crippen LogP contribution is -2.14. The average molecular weight is 190 g/mol. The number of aliphatic hydroxyl groups excluding tert-OH is 2. The summed E-state index contributed by atoms with van der Waals surface area (Å²) in [5.41, 5.74) is 0.139. The van der Waals surface area contributed by atoms with Crippen molar-refractivity contribution < 1.29 is 10.2 Å². The Bertz CT molecular complexity index is 90.3. The summed E-state index contributed by atoms with van der Waals surface area (Å²) in [6.07, 6.45) is 2.75. The van der Waals surface area contributed by atoms with Gasteiger partial charge in [-0.05, 0) is 24.7 Å². The molecule has 2 heteroatoms. The lowest BCUT2D eigenvalue weighted by molar-refractivity contribution is 0.155. The Hall–Kier alpha value is -0.0800. The first-order valence-electron chi connectivity index (χ1n) is 5.22. The molecule has 0 aromatic rings. The van der Waals surface area contributed by atoms with Gasteiger partial charge in [0.15, 0.2) is 0 Å². The van der Waals surface area contributed by atoms with Gasteiger partial charge in [0.05, 0.1) is 6.10 Å². The van der Waals surface area contributed by atoms with Crippen molar-refractivity contribution >= 4 is 0 Å². The molecule has 0 rings (SSSR count). The summed E-state index contributed by atoms with van der Waals surface area (Å²) < 4.78 is 0. The van der Waals surface area contributed by atoms with Crippen LogP contribution in [0.5, 0.6) is 0 Å². The van der Waals surface area contributed by atoms with Crippen LogP contribution in [0.25, 0.3) is 0 Å². The molecule has 0 aliphatic rings. The zero-order chi connectivity index (χ0) is 10.9. The summed E-state index contributed by atoms with van der Waals surface area (Å²) in [5.74, 6) is 0. The maximum Gasteiger partial charge on any atom is 0.0535 e. The first-order chi connectivity index (χ1) is 5.93. The molecule has 2 nitrogen and oxygen atoms in total. The Balaban J connectivity index is 0. The largest absolute Gasteiger partial charge is 0.396 e. The third-order valence-electron chi connectivity index (χ3n) is 2.33. The fraction of sp³-hybridized carbons (Fsp3) is 1.00. The van der Waals surface area contributed by atoms with Crippen molar-refractivity contribution in [1.29, 1.82) is 0 Å². The standard InChI is InChI=1S/C6H14O.C5H12O/c1-4-6(2,3)5-7;1-3-5(6)4-2/h7H,4-5H2,1-3H3;5-6H,3-4H2,1-2H3. The van der Waals surface area contributed by atoms with Crippen molar-refractivity contribution in [3.8, 4) is 0 Å². The molecule has 0 saturated heterocycles. The Morgan fingerprint density at radius 2 is 1.46 bits per heavy atom. The molecule has 0 aliphatic heterocycles. The van der Waals surface area contributed by atoms with Gasteiger partial charge in [-0.25, -0.2) is 0 Å². The molecular formula is C11H26O2. The van der Waals surface area contributed by atoms with E-state index in [1.165, 1.54) is 0 Å². The van der Waals surface area contributed by atoms with E-state index in [-0.39, 0.29) is 11.5 Å². The Labute approximate surface area is 83.0 Å². The second kappa shape index (κ2) is 8.52. The minimum Gasteiger partial charge on any atom is -0.396 e. The van der Waals surface area contributed by atoms with Gasteiger partial charge in [0.25, 0.3) is 0 Å². The van der Waals surface area contributed by atoms with Crippen LogP contribution in [0.3, 0.4) is 0 Å². The maximum absolute atomic E-state index is 8.67. The van der Waals surface area contributed by atoms with Crippen molar-refractivity contribution in [2.45, 2.75) is 60.0 Å². The molecule has 0 unspecified atom stereocenters. The van der Waals surface area contributed by atoms with Crippen molar-refractivity contribution in [3.63, 3.8) is 0 Å². The molecule has 0 aromatic carbocycles. The minimum atomic E-state index is -0.0648. The molecule has 13 heavy (non-hydrogen) atoms. The minimum absolute atomic E-state index is 0.0648. The molecule has 0 fully saturated rings. The third-order valence-corrected chi connectivity index (χ3v) is 2.33. The van der Waals surface area contributed by atoms with Gasteiger partial charge < -0.3 is 10.2 Å². The van der Waals surface area contributed by atoms with E-state index in [1.807, 2.05) is 27.7 Å². The average Bonchev–Trinajstić information content (AvgIpc) is 2.17. The van der Waals surface area contributed by atoms with Crippen molar-refractivity contribution in [1.82, 2.24) is 0 Å². The topological polar surface area (TPSA) is 40.5 Å². The van der Waals surface area contributed by atoms with Gasteiger partial charge in [-0.2, -0.15) is 0 Å². The highest BCUT2D eigenvalue weighted by Gasteiger charge is 2.11. The van der Waals surface area contributed by atoms with Gasteiger partial charge in [0.2, 0.25) is 0 Å². The number of hydrogen-bond donors (Lipinski definition) is 2. The van der Waals surface area contributed by atoms with Crippen LogP contribution in [0.15, 0.2) is 0 Å². The molecule has 82 valence electrons. The van der Waals surface area contributed by atoms with Crippen LogP contribution in [0, 0.1) is 5.41 Å². The Kier molecular flexibility index (Phi) is 10.1. The normalized spacial score (nSPS) is 11.1. The molecule has 0 amide bonds. The van der Waals surface area contributed by atoms with Gasteiger partial charge in [-0.15, -0.1) is 0 Å². The summed E-state index contributed by atoms with van der Waals surface area (Å²) in [6.45, 7) is 10.4. The Morgan fingerprint density at radius 1 is 1.08 bits per heavy atom. The summed E-state index contributed by atoms with van der Waals surface area (Å²) in [7, 11) is 0. The molecule has 0 saturated carbocycles. The summed E-state index contributed by atoms with van der Waals surface area (Å²) in [4.78, 5) is 0. The first-order valence-corrected chi connectivity index (χ1v) is 5.22. The highest BCUT2D eigenvalue weighted by Crippen LogP contribution is 2.16. The predicted molar refractivity (Wildman–Crippen MR) is 57.7 cm³/mol. The van der Waals surface area contributed by atoms with Gasteiger partial charge in [0, 0.05) is 6.61 Å². The molecule has 0 spiro atoms. The molecular weight excluding hydrogens is 164 g/mol. The second-order valence-corrected chi connectivity index (χ2v) is 4.15. The van der Waals surface area contributed by atoms with Gasteiger partial charge in [-0.1, -0.05) is 34.6 Å². The summed E-state index contributed by atoms with van der Waals surface area (Å²) in [6, 6.07) is 0.